The lowest BCUT2D eigenvalue weighted by atomic mass is 10.2. The molecule has 0 spiro atoms. The molecule has 1 saturated carbocycles. The van der Waals surface area contributed by atoms with Gasteiger partial charge in [-0.1, -0.05) is 24.2 Å². The number of carbonyl (C=O) groups is 1. The van der Waals surface area contributed by atoms with E-state index >= 15 is 0 Å². The quantitative estimate of drug-likeness (QED) is 0.910. The zero-order valence-corrected chi connectivity index (χ0v) is 12.7. The van der Waals surface area contributed by atoms with Crippen molar-refractivity contribution in [2.45, 2.75) is 31.7 Å². The first-order valence-corrected chi connectivity index (χ1v) is 8.14. The number of rotatable bonds is 3. The Morgan fingerprint density at radius 3 is 2.50 bits per heavy atom. The van der Waals surface area contributed by atoms with Crippen molar-refractivity contribution in [3.63, 3.8) is 0 Å². The van der Waals surface area contributed by atoms with Crippen molar-refractivity contribution in [3.8, 4) is 0 Å². The molecule has 6 nitrogen and oxygen atoms in total. The van der Waals surface area contributed by atoms with Crippen LogP contribution in [0.25, 0.3) is 0 Å². The molecule has 0 bridgehead atoms. The van der Waals surface area contributed by atoms with E-state index in [1.165, 1.54) is 37.0 Å². The molecule has 0 aromatic carbocycles. The summed E-state index contributed by atoms with van der Waals surface area (Å²) >= 11 is 1.32. The molecular formula is C13H21N5OS. The molecule has 0 unspecified atom stereocenters. The second kappa shape index (κ2) is 6.05. The van der Waals surface area contributed by atoms with E-state index in [2.05, 4.69) is 20.4 Å². The van der Waals surface area contributed by atoms with Gasteiger partial charge in [0.1, 0.15) is 0 Å². The van der Waals surface area contributed by atoms with Crippen molar-refractivity contribution in [1.29, 1.82) is 0 Å². The molecule has 20 heavy (non-hydrogen) atoms. The Hall–Kier alpha value is -1.21. The molecule has 1 aromatic heterocycles. The largest absolute Gasteiger partial charge is 0.363 e. The van der Waals surface area contributed by atoms with Crippen molar-refractivity contribution in [2.24, 2.45) is 0 Å². The highest BCUT2D eigenvalue weighted by molar-refractivity contribution is 7.17. The number of aromatic nitrogens is 2. The van der Waals surface area contributed by atoms with E-state index in [9.17, 15) is 4.79 Å². The highest BCUT2D eigenvalue weighted by Gasteiger charge is 2.29. The van der Waals surface area contributed by atoms with Crippen LogP contribution in [0, 0.1) is 0 Å². The molecule has 0 atom stereocenters. The second-order valence-electron chi connectivity index (χ2n) is 5.43. The first-order chi connectivity index (χ1) is 9.78. The van der Waals surface area contributed by atoms with Crippen LogP contribution in [0.5, 0.6) is 0 Å². The first kappa shape index (κ1) is 13.8. The molecule has 110 valence electrons. The van der Waals surface area contributed by atoms with Gasteiger partial charge in [-0.25, -0.2) is 0 Å². The van der Waals surface area contributed by atoms with Gasteiger partial charge in [0, 0.05) is 39.3 Å². The zero-order valence-electron chi connectivity index (χ0n) is 11.8. The molecule has 2 aliphatic rings. The number of nitrogens with one attached hydrogen (secondary N) is 1. The Morgan fingerprint density at radius 2 is 1.90 bits per heavy atom. The molecule has 0 radical (unpaired) electrons. The predicted octanol–water partition coefficient (Wildman–Crippen LogP) is 1.28. The molecule has 3 rings (SSSR count). The highest BCUT2D eigenvalue weighted by atomic mass is 32.1. The number of piperazine rings is 1. The lowest BCUT2D eigenvalue weighted by molar-refractivity contribution is 0.0572. The van der Waals surface area contributed by atoms with Crippen molar-refractivity contribution in [1.82, 2.24) is 20.0 Å². The minimum Gasteiger partial charge on any atom is -0.363 e. The molecule has 1 aromatic rings. The summed E-state index contributed by atoms with van der Waals surface area (Å²) in [4.78, 5) is 16.8. The smallest absolute Gasteiger partial charge is 0.284 e. The highest BCUT2D eigenvalue weighted by Crippen LogP contribution is 2.25. The minimum absolute atomic E-state index is 0.0232. The van der Waals surface area contributed by atoms with Gasteiger partial charge in [0.05, 0.1) is 0 Å². The summed E-state index contributed by atoms with van der Waals surface area (Å²) in [5.41, 5.74) is 0. The van der Waals surface area contributed by atoms with E-state index in [4.69, 9.17) is 0 Å². The van der Waals surface area contributed by atoms with Gasteiger partial charge >= 0.3 is 0 Å². The van der Waals surface area contributed by atoms with Gasteiger partial charge in [-0.05, 0) is 12.8 Å². The maximum atomic E-state index is 12.3. The normalized spacial score (nSPS) is 21.4. The Balaban J connectivity index is 1.55. The molecule has 1 aliphatic carbocycles. The SMILES string of the molecule is CNc1nnc(C(=O)N2CCN(C3CCCC3)CC2)s1. The van der Waals surface area contributed by atoms with Gasteiger partial charge < -0.3 is 10.2 Å². The number of anilines is 1. The zero-order chi connectivity index (χ0) is 13.9. The molecule has 1 N–H and O–H groups in total. The van der Waals surface area contributed by atoms with Crippen LogP contribution in [0.15, 0.2) is 0 Å². The van der Waals surface area contributed by atoms with Gasteiger partial charge in [-0.2, -0.15) is 0 Å². The average Bonchev–Trinajstić information content (AvgIpc) is 3.18. The van der Waals surface area contributed by atoms with Gasteiger partial charge in [-0.15, -0.1) is 10.2 Å². The van der Waals surface area contributed by atoms with Gasteiger partial charge in [-0.3, -0.25) is 9.69 Å². The number of carbonyl (C=O) groups excluding carboxylic acids is 1. The fourth-order valence-corrected chi connectivity index (χ4v) is 3.77. The summed E-state index contributed by atoms with van der Waals surface area (Å²) in [7, 11) is 1.79. The van der Waals surface area contributed by atoms with E-state index in [1.54, 1.807) is 7.05 Å². The fraction of sp³-hybridized carbons (Fsp3) is 0.769. The average molecular weight is 295 g/mol. The summed E-state index contributed by atoms with van der Waals surface area (Å²) in [5, 5.41) is 12.0. The minimum atomic E-state index is 0.0232. The van der Waals surface area contributed by atoms with Crippen molar-refractivity contribution in [2.75, 3.05) is 38.5 Å². The van der Waals surface area contributed by atoms with Crippen LogP contribution in [-0.4, -0.2) is 65.2 Å². The number of amides is 1. The van der Waals surface area contributed by atoms with E-state index in [0.29, 0.717) is 10.1 Å². The Morgan fingerprint density at radius 1 is 1.20 bits per heavy atom. The first-order valence-electron chi connectivity index (χ1n) is 7.32. The molecular weight excluding hydrogens is 274 g/mol. The van der Waals surface area contributed by atoms with Crippen LogP contribution in [0.3, 0.4) is 0 Å². The maximum Gasteiger partial charge on any atom is 0.284 e. The molecule has 1 saturated heterocycles. The fourth-order valence-electron chi connectivity index (χ4n) is 3.11. The van der Waals surface area contributed by atoms with Crippen LogP contribution >= 0.6 is 11.3 Å². The predicted molar refractivity (Wildman–Crippen MR) is 79.2 cm³/mol. The van der Waals surface area contributed by atoms with Crippen LogP contribution in [0.1, 0.15) is 35.5 Å². The Bertz CT molecular complexity index is 463. The number of hydrogen-bond donors (Lipinski definition) is 1. The molecule has 1 amide bonds. The van der Waals surface area contributed by atoms with Crippen LogP contribution in [0.4, 0.5) is 5.13 Å². The lowest BCUT2D eigenvalue weighted by Gasteiger charge is -2.37. The van der Waals surface area contributed by atoms with Crippen molar-refractivity contribution >= 4 is 22.4 Å². The summed E-state index contributed by atoms with van der Waals surface area (Å²) in [6.45, 7) is 3.61. The maximum absolute atomic E-state index is 12.3. The molecule has 1 aliphatic heterocycles. The van der Waals surface area contributed by atoms with E-state index in [-0.39, 0.29) is 5.91 Å². The van der Waals surface area contributed by atoms with Crippen molar-refractivity contribution in [3.05, 3.63) is 5.01 Å². The summed E-state index contributed by atoms with van der Waals surface area (Å²) in [6.07, 6.45) is 5.38. The van der Waals surface area contributed by atoms with Crippen LogP contribution < -0.4 is 5.32 Å². The summed E-state index contributed by atoms with van der Waals surface area (Å²) < 4.78 is 0. The van der Waals surface area contributed by atoms with E-state index in [0.717, 1.165) is 32.2 Å². The van der Waals surface area contributed by atoms with Gasteiger partial charge in [0.15, 0.2) is 0 Å². The molecule has 2 fully saturated rings. The van der Waals surface area contributed by atoms with E-state index in [1.807, 2.05) is 4.90 Å². The summed E-state index contributed by atoms with van der Waals surface area (Å²) in [6, 6.07) is 0.754. The van der Waals surface area contributed by atoms with Crippen molar-refractivity contribution < 1.29 is 4.79 Å². The van der Waals surface area contributed by atoms with Crippen LogP contribution in [0.2, 0.25) is 0 Å². The Kier molecular flexibility index (Phi) is 4.16. The number of hydrogen-bond acceptors (Lipinski definition) is 6. The topological polar surface area (TPSA) is 61.4 Å². The van der Waals surface area contributed by atoms with Gasteiger partial charge in [0.25, 0.3) is 5.91 Å². The third-order valence-electron chi connectivity index (χ3n) is 4.26. The Labute approximate surface area is 123 Å². The molecule has 2 heterocycles. The lowest BCUT2D eigenvalue weighted by Crippen LogP contribution is -2.51. The number of nitrogens with zero attached hydrogens (tertiary/aromatic N) is 4. The monoisotopic (exact) mass is 295 g/mol. The molecule has 7 heteroatoms. The van der Waals surface area contributed by atoms with E-state index < -0.39 is 0 Å². The second-order valence-corrected chi connectivity index (χ2v) is 6.41. The summed E-state index contributed by atoms with van der Waals surface area (Å²) in [5.74, 6) is 0.0232. The third-order valence-corrected chi connectivity index (χ3v) is 5.19. The third kappa shape index (κ3) is 2.78. The standard InChI is InChI=1S/C13H21N5OS/c1-14-13-16-15-11(20-13)12(19)18-8-6-17(7-9-18)10-4-2-3-5-10/h10H,2-9H2,1H3,(H,14,16). The van der Waals surface area contributed by atoms with Gasteiger partial charge in [0.2, 0.25) is 10.1 Å². The van der Waals surface area contributed by atoms with Crippen LogP contribution in [-0.2, 0) is 0 Å².